The molecule has 26 heavy (non-hydrogen) atoms. The van der Waals surface area contributed by atoms with Crippen LogP contribution in [-0.4, -0.2) is 42.1 Å². The van der Waals surface area contributed by atoms with Gasteiger partial charge in [0.1, 0.15) is 18.1 Å². The fourth-order valence-corrected chi connectivity index (χ4v) is 3.16. The van der Waals surface area contributed by atoms with Crippen molar-refractivity contribution in [1.29, 1.82) is 0 Å². The average molecular weight is 380 g/mol. The maximum atomic E-state index is 12.8. The topological polar surface area (TPSA) is 67.6 Å². The maximum absolute atomic E-state index is 12.8. The van der Waals surface area contributed by atoms with Crippen molar-refractivity contribution in [3.63, 3.8) is 0 Å². The Bertz CT molecular complexity index is 728. The molecule has 6 nitrogen and oxygen atoms in total. The number of carbonyl (C=O) groups excluding carboxylic acids is 1. The van der Waals surface area contributed by atoms with E-state index >= 15 is 0 Å². The molecule has 2 heterocycles. The smallest absolute Gasteiger partial charge is 0.254 e. The largest absolute Gasteiger partial charge is 0.489 e. The number of rotatable bonds is 5. The van der Waals surface area contributed by atoms with Crippen molar-refractivity contribution >= 4 is 18.3 Å². The summed E-state index contributed by atoms with van der Waals surface area (Å²) in [6.07, 6.45) is 2.14. The molecule has 0 saturated carbocycles. The Morgan fingerprint density at radius 3 is 2.92 bits per heavy atom. The zero-order valence-electron chi connectivity index (χ0n) is 15.4. The van der Waals surface area contributed by atoms with Gasteiger partial charge in [0.05, 0.1) is 11.3 Å². The molecule has 0 spiro atoms. The molecule has 1 aromatic heterocycles. The number of likely N-dealkylation sites (tertiary alicyclic amines) is 1. The number of aryl methyl sites for hydroxylation is 2. The van der Waals surface area contributed by atoms with Crippen LogP contribution >= 0.6 is 12.4 Å². The van der Waals surface area contributed by atoms with Gasteiger partial charge in [-0.1, -0.05) is 11.2 Å². The van der Waals surface area contributed by atoms with Gasteiger partial charge in [-0.3, -0.25) is 4.79 Å². The van der Waals surface area contributed by atoms with Gasteiger partial charge in [-0.05, 0) is 51.9 Å². The number of nitrogens with zero attached hydrogens (tertiary/aromatic N) is 2. The summed E-state index contributed by atoms with van der Waals surface area (Å²) in [7, 11) is 1.95. The fraction of sp³-hybridized carbons (Fsp3) is 0.474. The highest BCUT2D eigenvalue weighted by atomic mass is 35.5. The number of piperidine rings is 1. The first kappa shape index (κ1) is 20.3. The molecule has 1 amide bonds. The average Bonchev–Trinajstić information content (AvgIpc) is 2.97. The van der Waals surface area contributed by atoms with E-state index < -0.39 is 0 Å². The number of aromatic nitrogens is 1. The van der Waals surface area contributed by atoms with Crippen LogP contribution in [0.25, 0.3) is 0 Å². The molecule has 1 aliphatic rings. The molecule has 1 unspecified atom stereocenters. The summed E-state index contributed by atoms with van der Waals surface area (Å²) in [6, 6.07) is 7.74. The summed E-state index contributed by atoms with van der Waals surface area (Å²) in [5.74, 6) is 1.49. The molecule has 7 heteroatoms. The molecular formula is C19H26ClN3O3. The fourth-order valence-electron chi connectivity index (χ4n) is 3.16. The van der Waals surface area contributed by atoms with Gasteiger partial charge in [0.2, 0.25) is 0 Å². The second-order valence-corrected chi connectivity index (χ2v) is 6.50. The van der Waals surface area contributed by atoms with E-state index in [1.54, 1.807) is 0 Å². The summed E-state index contributed by atoms with van der Waals surface area (Å²) in [4.78, 5) is 14.7. The number of ether oxygens (including phenoxy) is 1. The van der Waals surface area contributed by atoms with E-state index in [0.717, 1.165) is 42.9 Å². The van der Waals surface area contributed by atoms with Gasteiger partial charge in [-0.15, -0.1) is 12.4 Å². The molecule has 1 aliphatic heterocycles. The lowest BCUT2D eigenvalue weighted by molar-refractivity contribution is 0.0697. The van der Waals surface area contributed by atoms with Crippen molar-refractivity contribution in [3.8, 4) is 5.75 Å². The third-order valence-electron chi connectivity index (χ3n) is 4.76. The Labute approximate surface area is 160 Å². The lowest BCUT2D eigenvalue weighted by atomic mass is 10.0. The number of hydrogen-bond donors (Lipinski definition) is 1. The third-order valence-corrected chi connectivity index (χ3v) is 4.76. The van der Waals surface area contributed by atoms with Crippen LogP contribution in [0.5, 0.6) is 5.75 Å². The molecule has 1 fully saturated rings. The second kappa shape index (κ2) is 9.05. The van der Waals surface area contributed by atoms with Gasteiger partial charge in [0.15, 0.2) is 0 Å². The van der Waals surface area contributed by atoms with Crippen LogP contribution in [0, 0.1) is 13.8 Å². The van der Waals surface area contributed by atoms with Gasteiger partial charge < -0.3 is 19.5 Å². The zero-order valence-corrected chi connectivity index (χ0v) is 16.3. The van der Waals surface area contributed by atoms with Crippen LogP contribution in [0.1, 0.15) is 40.2 Å². The number of likely N-dealkylation sites (N-methyl/N-ethyl adjacent to an activating group) is 1. The van der Waals surface area contributed by atoms with E-state index in [-0.39, 0.29) is 18.3 Å². The Morgan fingerprint density at radius 1 is 1.42 bits per heavy atom. The summed E-state index contributed by atoms with van der Waals surface area (Å²) in [5.41, 5.74) is 2.44. The highest BCUT2D eigenvalue weighted by Gasteiger charge is 2.23. The molecule has 1 saturated heterocycles. The van der Waals surface area contributed by atoms with Crippen molar-refractivity contribution in [2.75, 3.05) is 20.1 Å². The Kier molecular flexibility index (Phi) is 7.06. The van der Waals surface area contributed by atoms with Crippen molar-refractivity contribution in [2.24, 2.45) is 0 Å². The highest BCUT2D eigenvalue weighted by molar-refractivity contribution is 5.94. The predicted molar refractivity (Wildman–Crippen MR) is 102 cm³/mol. The van der Waals surface area contributed by atoms with Gasteiger partial charge in [-0.2, -0.15) is 0 Å². The SMILES string of the molecule is CNC1CCCN(C(=O)c2cccc(OCc3c(C)noc3C)c2)C1.Cl. The summed E-state index contributed by atoms with van der Waals surface area (Å²) >= 11 is 0. The minimum Gasteiger partial charge on any atom is -0.489 e. The molecular weight excluding hydrogens is 354 g/mol. The molecule has 0 bridgehead atoms. The van der Waals surface area contributed by atoms with Crippen LogP contribution in [0.3, 0.4) is 0 Å². The summed E-state index contributed by atoms with van der Waals surface area (Å²) in [5, 5.41) is 7.19. The Hall–Kier alpha value is -2.05. The molecule has 2 aromatic rings. The quantitative estimate of drug-likeness (QED) is 0.864. The standard InChI is InChI=1S/C19H25N3O3.ClH/c1-13-18(14(2)25-21-13)12-24-17-8-4-6-15(10-17)19(23)22-9-5-7-16(11-22)20-3;/h4,6,8,10,16,20H,5,7,9,11-12H2,1-3H3;1H. The normalized spacial score (nSPS) is 16.9. The molecule has 0 aliphatic carbocycles. The van der Waals surface area contributed by atoms with E-state index in [4.69, 9.17) is 9.26 Å². The molecule has 0 radical (unpaired) electrons. The van der Waals surface area contributed by atoms with Gasteiger partial charge in [0, 0.05) is 24.7 Å². The lowest BCUT2D eigenvalue weighted by Crippen LogP contribution is -2.46. The maximum Gasteiger partial charge on any atom is 0.254 e. The monoisotopic (exact) mass is 379 g/mol. The van der Waals surface area contributed by atoms with Crippen molar-refractivity contribution in [3.05, 3.63) is 46.8 Å². The summed E-state index contributed by atoms with van der Waals surface area (Å²) < 4.78 is 11.0. The summed E-state index contributed by atoms with van der Waals surface area (Å²) in [6.45, 7) is 5.70. The lowest BCUT2D eigenvalue weighted by Gasteiger charge is -2.32. The first-order chi connectivity index (χ1) is 12.1. The first-order valence-electron chi connectivity index (χ1n) is 8.69. The number of amides is 1. The molecule has 1 N–H and O–H groups in total. The van der Waals surface area contributed by atoms with E-state index in [9.17, 15) is 4.79 Å². The van der Waals surface area contributed by atoms with Crippen LogP contribution in [0.2, 0.25) is 0 Å². The Morgan fingerprint density at radius 2 is 2.23 bits per heavy atom. The Balaban J connectivity index is 0.00000243. The number of halogens is 1. The first-order valence-corrected chi connectivity index (χ1v) is 8.69. The van der Waals surface area contributed by atoms with Crippen LogP contribution in [0.4, 0.5) is 0 Å². The van der Waals surface area contributed by atoms with Crippen molar-refractivity contribution in [1.82, 2.24) is 15.4 Å². The second-order valence-electron chi connectivity index (χ2n) is 6.50. The van der Waals surface area contributed by atoms with Gasteiger partial charge >= 0.3 is 0 Å². The number of carbonyl (C=O) groups is 1. The molecule has 142 valence electrons. The van der Waals surface area contributed by atoms with Crippen molar-refractivity contribution in [2.45, 2.75) is 39.3 Å². The predicted octanol–water partition coefficient (Wildman–Crippen LogP) is 3.12. The number of benzene rings is 1. The minimum absolute atomic E-state index is 0. The minimum atomic E-state index is 0. The zero-order chi connectivity index (χ0) is 17.8. The molecule has 1 aromatic carbocycles. The van der Waals surface area contributed by atoms with Crippen molar-refractivity contribution < 1.29 is 14.1 Å². The van der Waals surface area contributed by atoms with E-state index in [0.29, 0.717) is 24.0 Å². The van der Waals surface area contributed by atoms with Gasteiger partial charge in [0.25, 0.3) is 5.91 Å². The van der Waals surface area contributed by atoms with E-state index in [2.05, 4.69) is 10.5 Å². The highest BCUT2D eigenvalue weighted by Crippen LogP contribution is 2.20. The van der Waals surface area contributed by atoms with Crippen LogP contribution in [0.15, 0.2) is 28.8 Å². The van der Waals surface area contributed by atoms with E-state index in [1.807, 2.05) is 50.1 Å². The van der Waals surface area contributed by atoms with E-state index in [1.165, 1.54) is 0 Å². The van der Waals surface area contributed by atoms with Crippen LogP contribution in [-0.2, 0) is 6.61 Å². The molecule has 3 rings (SSSR count). The molecule has 1 atom stereocenters. The number of nitrogens with one attached hydrogen (secondary N) is 1. The number of hydrogen-bond acceptors (Lipinski definition) is 5. The third kappa shape index (κ3) is 4.56. The van der Waals surface area contributed by atoms with Crippen LogP contribution < -0.4 is 10.1 Å². The van der Waals surface area contributed by atoms with Gasteiger partial charge in [-0.25, -0.2) is 0 Å².